The van der Waals surface area contributed by atoms with E-state index in [-0.39, 0.29) is 5.84 Å². The zero-order chi connectivity index (χ0) is 12.3. The highest BCUT2D eigenvalue weighted by atomic mass is 35.5. The van der Waals surface area contributed by atoms with E-state index in [9.17, 15) is 0 Å². The molecular formula is C12H16ClN3O. The number of nitrogens with zero attached hydrogens (tertiary/aromatic N) is 1. The first-order valence-electron chi connectivity index (χ1n) is 5.80. The summed E-state index contributed by atoms with van der Waals surface area (Å²) in [7, 11) is 0. The summed E-state index contributed by atoms with van der Waals surface area (Å²) in [4.78, 5) is 4.08. The third kappa shape index (κ3) is 2.88. The van der Waals surface area contributed by atoms with Gasteiger partial charge in [0.05, 0.1) is 6.61 Å². The number of rotatable bonds is 4. The molecule has 1 heterocycles. The van der Waals surface area contributed by atoms with Crippen LogP contribution in [0, 0.1) is 11.3 Å². The number of nitrogen functional groups attached to an aromatic ring is 1. The Bertz CT molecular complexity index is 416. The molecule has 0 atom stereocenters. The Labute approximate surface area is 106 Å². The lowest BCUT2D eigenvalue weighted by Gasteiger charge is -2.12. The molecule has 3 N–H and O–H groups in total. The minimum Gasteiger partial charge on any atom is -0.476 e. The number of pyridine rings is 1. The van der Waals surface area contributed by atoms with Gasteiger partial charge in [0.25, 0.3) is 0 Å². The topological polar surface area (TPSA) is 72.0 Å². The van der Waals surface area contributed by atoms with Gasteiger partial charge in [-0.25, -0.2) is 4.98 Å². The minimum absolute atomic E-state index is 0.0666. The van der Waals surface area contributed by atoms with E-state index in [1.165, 1.54) is 25.7 Å². The summed E-state index contributed by atoms with van der Waals surface area (Å²) in [5.74, 6) is 0.920. The molecule has 2 rings (SSSR count). The number of amidine groups is 1. The van der Waals surface area contributed by atoms with Crippen molar-refractivity contribution in [3.63, 3.8) is 0 Å². The van der Waals surface area contributed by atoms with Crippen LogP contribution < -0.4 is 10.5 Å². The quantitative estimate of drug-likeness (QED) is 0.640. The van der Waals surface area contributed by atoms with Crippen LogP contribution in [0.3, 0.4) is 0 Å². The Morgan fingerprint density at radius 2 is 2.24 bits per heavy atom. The second-order valence-electron chi connectivity index (χ2n) is 4.35. The summed E-state index contributed by atoms with van der Waals surface area (Å²) < 4.78 is 5.62. The first-order chi connectivity index (χ1) is 8.18. The van der Waals surface area contributed by atoms with Gasteiger partial charge in [0.2, 0.25) is 5.88 Å². The lowest BCUT2D eigenvalue weighted by molar-refractivity contribution is 0.243. The molecule has 92 valence electrons. The Kier molecular flexibility index (Phi) is 3.84. The molecule has 17 heavy (non-hydrogen) atoms. The molecule has 1 fully saturated rings. The number of nitrogens with two attached hydrogens (primary N) is 1. The van der Waals surface area contributed by atoms with Gasteiger partial charge >= 0.3 is 0 Å². The average Bonchev–Trinajstić information content (AvgIpc) is 2.80. The second-order valence-corrected chi connectivity index (χ2v) is 4.73. The molecule has 0 radical (unpaired) electrons. The Hall–Kier alpha value is -1.29. The number of nitrogens with one attached hydrogen (secondary N) is 1. The van der Waals surface area contributed by atoms with Crippen molar-refractivity contribution >= 4 is 17.4 Å². The zero-order valence-electron chi connectivity index (χ0n) is 9.58. The predicted molar refractivity (Wildman–Crippen MR) is 67.7 cm³/mol. The van der Waals surface area contributed by atoms with Crippen LogP contribution in [0.5, 0.6) is 5.88 Å². The van der Waals surface area contributed by atoms with E-state index in [0.29, 0.717) is 29.0 Å². The lowest BCUT2D eigenvalue weighted by atomic mass is 10.1. The molecule has 1 aromatic heterocycles. The van der Waals surface area contributed by atoms with Gasteiger partial charge in [-0.2, -0.15) is 0 Å². The van der Waals surface area contributed by atoms with Crippen molar-refractivity contribution in [2.75, 3.05) is 6.61 Å². The molecule has 5 heteroatoms. The highest BCUT2D eigenvalue weighted by Gasteiger charge is 2.17. The van der Waals surface area contributed by atoms with E-state index >= 15 is 0 Å². The number of aromatic nitrogens is 1. The summed E-state index contributed by atoms with van der Waals surface area (Å²) in [6.07, 6.45) is 6.55. The van der Waals surface area contributed by atoms with Crippen molar-refractivity contribution < 1.29 is 4.74 Å². The monoisotopic (exact) mass is 253 g/mol. The first kappa shape index (κ1) is 12.2. The van der Waals surface area contributed by atoms with Gasteiger partial charge in [-0.05, 0) is 24.8 Å². The average molecular weight is 254 g/mol. The van der Waals surface area contributed by atoms with Crippen molar-refractivity contribution in [1.82, 2.24) is 4.98 Å². The third-order valence-corrected chi connectivity index (χ3v) is 3.44. The standard InChI is InChI=1S/C12H16ClN3O/c13-10-9(11(14)15)5-6-16-12(10)17-7-8-3-1-2-4-8/h5-6,8H,1-4,7H2,(H3,14,15). The number of hydrogen-bond acceptors (Lipinski definition) is 3. The Balaban J connectivity index is 2.04. The summed E-state index contributed by atoms with van der Waals surface area (Å²) in [6, 6.07) is 1.62. The fourth-order valence-electron chi connectivity index (χ4n) is 2.11. The molecule has 1 aliphatic carbocycles. The molecule has 0 unspecified atom stereocenters. The molecule has 0 bridgehead atoms. The van der Waals surface area contributed by atoms with Crippen LogP contribution in [0.15, 0.2) is 12.3 Å². The SMILES string of the molecule is N=C(N)c1ccnc(OCC2CCCC2)c1Cl. The zero-order valence-corrected chi connectivity index (χ0v) is 10.3. The molecule has 0 amide bonds. The first-order valence-corrected chi connectivity index (χ1v) is 6.18. The van der Waals surface area contributed by atoms with Crippen molar-refractivity contribution in [3.8, 4) is 5.88 Å². The maximum absolute atomic E-state index is 7.38. The van der Waals surface area contributed by atoms with Crippen LogP contribution in [0.4, 0.5) is 0 Å². The van der Waals surface area contributed by atoms with Crippen LogP contribution in [0.25, 0.3) is 0 Å². The summed E-state index contributed by atoms with van der Waals surface area (Å²) in [5.41, 5.74) is 5.89. The molecular weight excluding hydrogens is 238 g/mol. The number of ether oxygens (including phenoxy) is 1. The van der Waals surface area contributed by atoms with Gasteiger partial charge in [0.15, 0.2) is 0 Å². The number of halogens is 1. The molecule has 0 aliphatic heterocycles. The minimum atomic E-state index is -0.0666. The fourth-order valence-corrected chi connectivity index (χ4v) is 2.38. The molecule has 1 saturated carbocycles. The lowest BCUT2D eigenvalue weighted by Crippen LogP contribution is -2.14. The van der Waals surface area contributed by atoms with Crippen molar-refractivity contribution in [3.05, 3.63) is 22.8 Å². The van der Waals surface area contributed by atoms with Gasteiger partial charge in [0, 0.05) is 11.8 Å². The highest BCUT2D eigenvalue weighted by molar-refractivity contribution is 6.35. The predicted octanol–water partition coefficient (Wildman–Crippen LogP) is 2.59. The van der Waals surface area contributed by atoms with Crippen LogP contribution in [-0.2, 0) is 0 Å². The van der Waals surface area contributed by atoms with Crippen LogP contribution in [0.1, 0.15) is 31.2 Å². The van der Waals surface area contributed by atoms with Crippen LogP contribution in [-0.4, -0.2) is 17.4 Å². The summed E-state index contributed by atoms with van der Waals surface area (Å²) in [5, 5.41) is 7.71. The van der Waals surface area contributed by atoms with E-state index in [2.05, 4.69) is 4.98 Å². The fraction of sp³-hybridized carbons (Fsp3) is 0.500. The van der Waals surface area contributed by atoms with E-state index in [4.69, 9.17) is 27.5 Å². The van der Waals surface area contributed by atoms with Gasteiger partial charge in [-0.15, -0.1) is 0 Å². The van der Waals surface area contributed by atoms with E-state index in [1.807, 2.05) is 0 Å². The smallest absolute Gasteiger partial charge is 0.233 e. The molecule has 1 aliphatic rings. The number of hydrogen-bond donors (Lipinski definition) is 2. The second kappa shape index (κ2) is 5.36. The molecule has 1 aromatic rings. The van der Waals surface area contributed by atoms with Crippen molar-refractivity contribution in [2.24, 2.45) is 11.7 Å². The molecule has 0 saturated heterocycles. The van der Waals surface area contributed by atoms with Crippen molar-refractivity contribution in [2.45, 2.75) is 25.7 Å². The van der Waals surface area contributed by atoms with Gasteiger partial charge in [-0.1, -0.05) is 24.4 Å². The maximum atomic E-state index is 7.38. The van der Waals surface area contributed by atoms with Crippen LogP contribution >= 0.6 is 11.6 Å². The summed E-state index contributed by atoms with van der Waals surface area (Å²) in [6.45, 7) is 0.647. The largest absolute Gasteiger partial charge is 0.476 e. The van der Waals surface area contributed by atoms with E-state index < -0.39 is 0 Å². The van der Waals surface area contributed by atoms with E-state index in [1.54, 1.807) is 12.3 Å². The van der Waals surface area contributed by atoms with Crippen LogP contribution in [0.2, 0.25) is 5.02 Å². The van der Waals surface area contributed by atoms with Gasteiger partial charge in [0.1, 0.15) is 10.9 Å². The molecule has 0 aromatic carbocycles. The van der Waals surface area contributed by atoms with Gasteiger partial charge in [-0.3, -0.25) is 5.41 Å². The van der Waals surface area contributed by atoms with Gasteiger partial charge < -0.3 is 10.5 Å². The highest BCUT2D eigenvalue weighted by Crippen LogP contribution is 2.28. The molecule has 4 nitrogen and oxygen atoms in total. The summed E-state index contributed by atoms with van der Waals surface area (Å²) >= 11 is 6.08. The third-order valence-electron chi connectivity index (χ3n) is 3.08. The maximum Gasteiger partial charge on any atom is 0.233 e. The van der Waals surface area contributed by atoms with Crippen molar-refractivity contribution in [1.29, 1.82) is 5.41 Å². The van der Waals surface area contributed by atoms with E-state index in [0.717, 1.165) is 0 Å². The Morgan fingerprint density at radius 1 is 1.53 bits per heavy atom. The Morgan fingerprint density at radius 3 is 2.88 bits per heavy atom. The molecule has 0 spiro atoms. The normalized spacial score (nSPS) is 16.1.